The van der Waals surface area contributed by atoms with Gasteiger partial charge in [-0.3, -0.25) is 0 Å². The molecule has 4 nitrogen and oxygen atoms in total. The third-order valence-corrected chi connectivity index (χ3v) is 9.13. The van der Waals surface area contributed by atoms with Crippen LogP contribution in [0, 0.1) is 5.92 Å². The molecular formula is C33H25F9O4S. The van der Waals surface area contributed by atoms with E-state index in [4.69, 9.17) is 4.74 Å². The molecule has 0 saturated heterocycles. The smallest absolute Gasteiger partial charge is 0.460 e. The molecule has 0 fully saturated rings. The third kappa shape index (κ3) is 6.39. The molecule has 0 heterocycles. The molecule has 47 heavy (non-hydrogen) atoms. The molecule has 3 aromatic carbocycles. The topological polar surface area (TPSA) is 52.6 Å². The van der Waals surface area contributed by atoms with E-state index in [-0.39, 0.29) is 5.92 Å². The Hall–Kier alpha value is -4.20. The zero-order valence-electron chi connectivity index (χ0n) is 24.1. The van der Waals surface area contributed by atoms with Gasteiger partial charge in [-0.2, -0.15) is 47.9 Å². The number of alkyl halides is 9. The van der Waals surface area contributed by atoms with Crippen molar-refractivity contribution in [2.45, 2.75) is 49.1 Å². The molecule has 0 aromatic heterocycles. The van der Waals surface area contributed by atoms with E-state index in [0.717, 1.165) is 52.2 Å². The second-order valence-corrected chi connectivity index (χ2v) is 12.5. The number of halogens is 9. The first-order valence-corrected chi connectivity index (χ1v) is 15.5. The lowest BCUT2D eigenvalue weighted by Crippen LogP contribution is -2.63. The maximum absolute atomic E-state index is 14.2. The first-order chi connectivity index (χ1) is 22.0. The molecule has 3 aromatic rings. The van der Waals surface area contributed by atoms with Gasteiger partial charge in [0.1, 0.15) is 12.4 Å². The molecule has 0 spiro atoms. The molecule has 250 valence electrons. The van der Waals surface area contributed by atoms with E-state index in [9.17, 15) is 47.9 Å². The Kier molecular flexibility index (Phi) is 9.03. The predicted molar refractivity (Wildman–Crippen MR) is 155 cm³/mol. The summed E-state index contributed by atoms with van der Waals surface area (Å²) < 4.78 is 154. The average molecular weight is 689 g/mol. The molecule has 14 heteroatoms. The fourth-order valence-electron chi connectivity index (χ4n) is 5.40. The summed E-state index contributed by atoms with van der Waals surface area (Å²) in [6, 6.07) is 22.9. The molecule has 2 aliphatic carbocycles. The number of ether oxygens (including phenoxy) is 1. The number of hydrogen-bond acceptors (Lipinski definition) is 4. The maximum atomic E-state index is 14.2. The Morgan fingerprint density at radius 2 is 1.30 bits per heavy atom. The Morgan fingerprint density at radius 3 is 1.89 bits per heavy atom. The van der Waals surface area contributed by atoms with E-state index in [1.165, 1.54) is 12.1 Å². The second-order valence-electron chi connectivity index (χ2n) is 10.9. The third-order valence-electron chi connectivity index (χ3n) is 7.84. The second kappa shape index (κ2) is 12.4. The van der Waals surface area contributed by atoms with E-state index < -0.39 is 39.1 Å². The van der Waals surface area contributed by atoms with Gasteiger partial charge in [0.2, 0.25) is 0 Å². The summed E-state index contributed by atoms with van der Waals surface area (Å²) in [6.45, 7) is 0.365. The Labute approximate surface area is 263 Å². The Morgan fingerprint density at radius 1 is 0.702 bits per heavy atom. The fraction of sp³-hybridized carbons (Fsp3) is 0.273. The van der Waals surface area contributed by atoms with Crippen LogP contribution in [-0.4, -0.2) is 31.7 Å². The summed E-state index contributed by atoms with van der Waals surface area (Å²) in [6.07, 6.45) is -1.56. The van der Waals surface area contributed by atoms with Crippen LogP contribution in [0.4, 0.5) is 39.5 Å². The molecular weight excluding hydrogens is 663 g/mol. The van der Waals surface area contributed by atoms with Gasteiger partial charge in [0.05, 0.1) is 5.76 Å². The van der Waals surface area contributed by atoms with Gasteiger partial charge in [-0.1, -0.05) is 78.9 Å². The number of hydrogen-bond donors (Lipinski definition) is 0. The van der Waals surface area contributed by atoms with Crippen LogP contribution in [0.5, 0.6) is 5.75 Å². The highest BCUT2D eigenvalue weighted by atomic mass is 32.2. The fourth-order valence-corrected chi connectivity index (χ4v) is 6.31. The SMILES string of the molecule is O=S(=O)(Oc1ccc(C2=C(c3ccccc3)CCC3CC(OCc4ccccc4)=CC=C23)cc1)C(F)(F)C(F)(F)C(F)(F)C(F)(F)F. The summed E-state index contributed by atoms with van der Waals surface area (Å²) in [4.78, 5) is 0. The van der Waals surface area contributed by atoms with Crippen LogP contribution in [0.1, 0.15) is 36.0 Å². The van der Waals surface area contributed by atoms with Crippen molar-refractivity contribution in [3.8, 4) is 5.75 Å². The minimum atomic E-state index is -7.39. The summed E-state index contributed by atoms with van der Waals surface area (Å²) >= 11 is 0. The largest absolute Gasteiger partial charge is 0.493 e. The van der Waals surface area contributed by atoms with Gasteiger partial charge in [0.25, 0.3) is 0 Å². The van der Waals surface area contributed by atoms with Crippen molar-refractivity contribution in [1.29, 1.82) is 0 Å². The van der Waals surface area contributed by atoms with Crippen LogP contribution >= 0.6 is 0 Å². The quantitative estimate of drug-likeness (QED) is 0.157. The molecule has 0 amide bonds. The van der Waals surface area contributed by atoms with E-state index in [2.05, 4.69) is 4.18 Å². The molecule has 5 rings (SSSR count). The van der Waals surface area contributed by atoms with Gasteiger partial charge in [-0.15, -0.1) is 0 Å². The standard InChI is InChI=1S/C33H25F9O4S/c34-30(35,32(38,39)40)31(36,37)33(41,42)47(43,44)46-25-14-11-23(12-15-25)29-27(22-9-5-2-6-10-22)17-13-24-19-26(16-18-28(24)29)45-20-21-7-3-1-4-8-21/h1-12,14-16,18,24H,13,17,19-20H2. The lowest BCUT2D eigenvalue weighted by atomic mass is 9.72. The van der Waals surface area contributed by atoms with Crippen LogP contribution in [0.25, 0.3) is 11.1 Å². The normalized spacial score (nSPS) is 17.9. The maximum Gasteiger partial charge on any atom is 0.460 e. The predicted octanol–water partition coefficient (Wildman–Crippen LogP) is 9.57. The Balaban J connectivity index is 1.46. The van der Waals surface area contributed by atoms with Crippen LogP contribution in [0.15, 0.2) is 108 Å². The lowest BCUT2D eigenvalue weighted by Gasteiger charge is -2.34. The monoisotopic (exact) mass is 688 g/mol. The molecule has 1 unspecified atom stereocenters. The minimum Gasteiger partial charge on any atom is -0.493 e. The molecule has 0 aliphatic heterocycles. The van der Waals surface area contributed by atoms with E-state index in [1.807, 2.05) is 72.8 Å². The van der Waals surface area contributed by atoms with E-state index in [0.29, 0.717) is 25.0 Å². The molecule has 0 bridgehead atoms. The number of fused-ring (bicyclic) bond motifs is 1. The van der Waals surface area contributed by atoms with Gasteiger partial charge in [0.15, 0.2) is 0 Å². The highest BCUT2D eigenvalue weighted by Crippen LogP contribution is 2.55. The summed E-state index contributed by atoms with van der Waals surface area (Å²) in [7, 11) is -7.06. The van der Waals surface area contributed by atoms with Crippen molar-refractivity contribution in [3.05, 3.63) is 125 Å². The van der Waals surface area contributed by atoms with Crippen LogP contribution in [0.3, 0.4) is 0 Å². The first kappa shape index (κ1) is 34.1. The van der Waals surface area contributed by atoms with Crippen molar-refractivity contribution in [2.75, 3.05) is 0 Å². The Bertz CT molecular complexity index is 1800. The zero-order valence-corrected chi connectivity index (χ0v) is 24.9. The van der Waals surface area contributed by atoms with Gasteiger partial charge in [-0.05, 0) is 70.4 Å². The van der Waals surface area contributed by atoms with E-state index >= 15 is 0 Å². The van der Waals surface area contributed by atoms with Crippen molar-refractivity contribution >= 4 is 21.3 Å². The van der Waals surface area contributed by atoms with Crippen LogP contribution < -0.4 is 4.18 Å². The number of benzene rings is 3. The molecule has 2 aliphatic rings. The highest BCUT2D eigenvalue weighted by molar-refractivity contribution is 7.88. The first-order valence-electron chi connectivity index (χ1n) is 14.1. The summed E-state index contributed by atoms with van der Waals surface area (Å²) in [5.74, 6) is -15.0. The molecule has 0 radical (unpaired) electrons. The lowest BCUT2D eigenvalue weighted by molar-refractivity contribution is -0.382. The molecule has 0 saturated carbocycles. The van der Waals surface area contributed by atoms with Gasteiger partial charge in [0, 0.05) is 6.42 Å². The van der Waals surface area contributed by atoms with Crippen molar-refractivity contribution in [3.63, 3.8) is 0 Å². The van der Waals surface area contributed by atoms with Crippen molar-refractivity contribution in [1.82, 2.24) is 0 Å². The van der Waals surface area contributed by atoms with Crippen LogP contribution in [0.2, 0.25) is 0 Å². The van der Waals surface area contributed by atoms with Crippen LogP contribution in [-0.2, 0) is 21.5 Å². The van der Waals surface area contributed by atoms with Crippen molar-refractivity contribution < 1.29 is 56.9 Å². The minimum absolute atomic E-state index is 0.000707. The zero-order chi connectivity index (χ0) is 34.3. The summed E-state index contributed by atoms with van der Waals surface area (Å²) in [5, 5.41) is -6.96. The summed E-state index contributed by atoms with van der Waals surface area (Å²) in [5.41, 5.74) is 4.82. The molecule has 0 N–H and O–H groups in total. The average Bonchev–Trinajstić information content (AvgIpc) is 3.03. The van der Waals surface area contributed by atoms with Crippen molar-refractivity contribution in [2.24, 2.45) is 5.92 Å². The highest BCUT2D eigenvalue weighted by Gasteiger charge is 2.86. The van der Waals surface area contributed by atoms with Gasteiger partial charge >= 0.3 is 33.4 Å². The number of rotatable bonds is 10. The molecule has 1 atom stereocenters. The number of allylic oxidation sites excluding steroid dienone is 6. The van der Waals surface area contributed by atoms with Gasteiger partial charge in [-0.25, -0.2) is 0 Å². The van der Waals surface area contributed by atoms with Gasteiger partial charge < -0.3 is 8.92 Å². The van der Waals surface area contributed by atoms with E-state index in [1.54, 1.807) is 0 Å².